The van der Waals surface area contributed by atoms with Crippen molar-refractivity contribution in [1.29, 1.82) is 0 Å². The van der Waals surface area contributed by atoms with E-state index >= 15 is 0 Å². The van der Waals surface area contributed by atoms with Gasteiger partial charge in [0.15, 0.2) is 6.10 Å². The fourth-order valence-corrected chi connectivity index (χ4v) is 1.76. The van der Waals surface area contributed by atoms with Gasteiger partial charge >= 0.3 is 5.97 Å². The first-order chi connectivity index (χ1) is 9.13. The Morgan fingerprint density at radius 3 is 2.95 bits per heavy atom. The number of pyridine rings is 1. The van der Waals surface area contributed by atoms with Gasteiger partial charge in [-0.3, -0.25) is 4.98 Å². The van der Waals surface area contributed by atoms with E-state index in [1.165, 1.54) is 0 Å². The van der Waals surface area contributed by atoms with Crippen molar-refractivity contribution < 1.29 is 14.3 Å². The Bertz CT molecular complexity index is 598. The molecule has 1 aromatic heterocycles. The Morgan fingerprint density at radius 1 is 1.42 bits per heavy atom. The predicted octanol–water partition coefficient (Wildman–Crippen LogP) is 2.15. The number of aromatic nitrogens is 1. The lowest BCUT2D eigenvalue weighted by atomic mass is 10.1. The number of anilines is 1. The van der Waals surface area contributed by atoms with Gasteiger partial charge in [0.2, 0.25) is 0 Å². The van der Waals surface area contributed by atoms with E-state index in [-0.39, 0.29) is 0 Å². The van der Waals surface area contributed by atoms with E-state index in [0.29, 0.717) is 23.6 Å². The van der Waals surface area contributed by atoms with E-state index in [1.807, 2.05) is 6.07 Å². The van der Waals surface area contributed by atoms with Crippen LogP contribution in [-0.2, 0) is 9.53 Å². The Hall–Kier alpha value is -2.30. The summed E-state index contributed by atoms with van der Waals surface area (Å²) in [7, 11) is 0. The Balaban J connectivity index is 2.31. The van der Waals surface area contributed by atoms with Gasteiger partial charge in [0.1, 0.15) is 11.3 Å². The average molecular weight is 260 g/mol. The standard InChI is InChI=1S/C14H16N2O3/c1-3-18-14(17)9(2)19-12-7-6-11(15)10-5-4-8-16-13(10)12/h4-9H,3,15H2,1-2H3. The number of hydrogen-bond donors (Lipinski definition) is 1. The molecule has 0 saturated carbocycles. The molecule has 0 aliphatic heterocycles. The summed E-state index contributed by atoms with van der Waals surface area (Å²) in [5.41, 5.74) is 7.14. The van der Waals surface area contributed by atoms with Crippen LogP contribution in [0.5, 0.6) is 5.75 Å². The van der Waals surface area contributed by atoms with Crippen LogP contribution in [0.3, 0.4) is 0 Å². The number of rotatable bonds is 4. The van der Waals surface area contributed by atoms with Crippen LogP contribution in [0.2, 0.25) is 0 Å². The smallest absolute Gasteiger partial charge is 0.347 e. The summed E-state index contributed by atoms with van der Waals surface area (Å²) >= 11 is 0. The minimum absolute atomic E-state index is 0.327. The van der Waals surface area contributed by atoms with Gasteiger partial charge in [-0.15, -0.1) is 0 Å². The molecule has 0 saturated heterocycles. The number of fused-ring (bicyclic) bond motifs is 1. The number of esters is 1. The molecule has 0 bridgehead atoms. The lowest BCUT2D eigenvalue weighted by molar-refractivity contribution is -0.150. The van der Waals surface area contributed by atoms with Gasteiger partial charge < -0.3 is 15.2 Å². The highest BCUT2D eigenvalue weighted by Crippen LogP contribution is 2.28. The van der Waals surface area contributed by atoms with E-state index in [4.69, 9.17) is 15.2 Å². The topological polar surface area (TPSA) is 74.4 Å². The number of nitrogens with zero attached hydrogens (tertiary/aromatic N) is 1. The summed E-state index contributed by atoms with van der Waals surface area (Å²) < 4.78 is 10.5. The number of hydrogen-bond acceptors (Lipinski definition) is 5. The molecule has 19 heavy (non-hydrogen) atoms. The zero-order valence-electron chi connectivity index (χ0n) is 10.9. The molecule has 1 aromatic carbocycles. The van der Waals surface area contributed by atoms with Crippen molar-refractivity contribution in [2.75, 3.05) is 12.3 Å². The fourth-order valence-electron chi connectivity index (χ4n) is 1.76. The molecule has 5 nitrogen and oxygen atoms in total. The number of carbonyl (C=O) groups is 1. The lowest BCUT2D eigenvalue weighted by Gasteiger charge is -2.15. The highest BCUT2D eigenvalue weighted by molar-refractivity contribution is 5.94. The van der Waals surface area contributed by atoms with Crippen molar-refractivity contribution in [3.8, 4) is 5.75 Å². The molecule has 0 aliphatic carbocycles. The van der Waals surface area contributed by atoms with Crippen molar-refractivity contribution in [2.24, 2.45) is 0 Å². The van der Waals surface area contributed by atoms with Gasteiger partial charge in [0, 0.05) is 17.3 Å². The molecule has 2 rings (SSSR count). The largest absolute Gasteiger partial charge is 0.477 e. The van der Waals surface area contributed by atoms with E-state index in [1.54, 1.807) is 38.2 Å². The van der Waals surface area contributed by atoms with E-state index < -0.39 is 12.1 Å². The molecule has 2 aromatic rings. The Morgan fingerprint density at radius 2 is 2.21 bits per heavy atom. The Kier molecular flexibility index (Phi) is 3.85. The molecular weight excluding hydrogens is 244 g/mol. The SMILES string of the molecule is CCOC(=O)C(C)Oc1ccc(N)c2cccnc12. The summed E-state index contributed by atoms with van der Waals surface area (Å²) in [6.45, 7) is 3.72. The van der Waals surface area contributed by atoms with Crippen molar-refractivity contribution >= 4 is 22.6 Å². The number of nitrogens with two attached hydrogens (primary N) is 1. The van der Waals surface area contributed by atoms with Gasteiger partial charge in [-0.25, -0.2) is 4.79 Å². The number of carbonyl (C=O) groups excluding carboxylic acids is 1. The molecule has 5 heteroatoms. The third-order valence-corrected chi connectivity index (χ3v) is 2.69. The summed E-state index contributed by atoms with van der Waals surface area (Å²) in [4.78, 5) is 15.8. The zero-order valence-corrected chi connectivity index (χ0v) is 10.9. The molecule has 100 valence electrons. The monoisotopic (exact) mass is 260 g/mol. The highest BCUT2D eigenvalue weighted by Gasteiger charge is 2.17. The molecular formula is C14H16N2O3. The molecule has 0 amide bonds. The summed E-state index contributed by atoms with van der Waals surface area (Å²) in [5.74, 6) is 0.119. The summed E-state index contributed by atoms with van der Waals surface area (Å²) in [6, 6.07) is 7.11. The van der Waals surface area contributed by atoms with Gasteiger partial charge in [0.05, 0.1) is 6.61 Å². The molecule has 0 aliphatic rings. The van der Waals surface area contributed by atoms with Gasteiger partial charge in [-0.2, -0.15) is 0 Å². The second-order valence-corrected chi connectivity index (χ2v) is 4.06. The van der Waals surface area contributed by atoms with Crippen LogP contribution < -0.4 is 10.5 Å². The van der Waals surface area contributed by atoms with Crippen LogP contribution in [-0.4, -0.2) is 23.7 Å². The average Bonchev–Trinajstić information content (AvgIpc) is 2.42. The molecule has 0 spiro atoms. The lowest BCUT2D eigenvalue weighted by Crippen LogP contribution is -2.26. The first-order valence-corrected chi connectivity index (χ1v) is 6.10. The van der Waals surface area contributed by atoms with E-state index in [9.17, 15) is 4.79 Å². The molecule has 1 atom stereocenters. The number of ether oxygens (including phenoxy) is 2. The maximum absolute atomic E-state index is 11.6. The van der Waals surface area contributed by atoms with Crippen molar-refractivity contribution in [2.45, 2.75) is 20.0 Å². The van der Waals surface area contributed by atoms with Crippen LogP contribution in [0.4, 0.5) is 5.69 Å². The van der Waals surface area contributed by atoms with Crippen molar-refractivity contribution in [3.05, 3.63) is 30.5 Å². The van der Waals surface area contributed by atoms with E-state index in [0.717, 1.165) is 5.39 Å². The molecule has 1 unspecified atom stereocenters. The van der Waals surface area contributed by atoms with Crippen LogP contribution in [0.25, 0.3) is 10.9 Å². The molecule has 0 radical (unpaired) electrons. The van der Waals surface area contributed by atoms with Crippen LogP contribution in [0, 0.1) is 0 Å². The Labute approximate surface area is 111 Å². The third kappa shape index (κ3) is 2.76. The number of benzene rings is 1. The van der Waals surface area contributed by atoms with Gasteiger partial charge in [-0.1, -0.05) is 0 Å². The zero-order chi connectivity index (χ0) is 13.8. The van der Waals surface area contributed by atoms with Crippen LogP contribution in [0.15, 0.2) is 30.5 Å². The quantitative estimate of drug-likeness (QED) is 0.673. The summed E-state index contributed by atoms with van der Waals surface area (Å²) in [6.07, 6.45) is 0.970. The fraction of sp³-hybridized carbons (Fsp3) is 0.286. The highest BCUT2D eigenvalue weighted by atomic mass is 16.6. The van der Waals surface area contributed by atoms with Gasteiger partial charge in [-0.05, 0) is 38.1 Å². The van der Waals surface area contributed by atoms with Crippen LogP contribution in [0.1, 0.15) is 13.8 Å². The van der Waals surface area contributed by atoms with Crippen molar-refractivity contribution in [1.82, 2.24) is 4.98 Å². The normalized spacial score (nSPS) is 12.1. The maximum atomic E-state index is 11.6. The maximum Gasteiger partial charge on any atom is 0.347 e. The predicted molar refractivity (Wildman–Crippen MR) is 72.9 cm³/mol. The van der Waals surface area contributed by atoms with Gasteiger partial charge in [0.25, 0.3) is 0 Å². The first kappa shape index (κ1) is 13.1. The van der Waals surface area contributed by atoms with Crippen molar-refractivity contribution in [3.63, 3.8) is 0 Å². The summed E-state index contributed by atoms with van der Waals surface area (Å²) in [5, 5.41) is 0.802. The first-order valence-electron chi connectivity index (χ1n) is 6.10. The van der Waals surface area contributed by atoms with Crippen LogP contribution >= 0.6 is 0 Å². The third-order valence-electron chi connectivity index (χ3n) is 2.69. The minimum atomic E-state index is -0.686. The molecule has 0 fully saturated rings. The molecule has 2 N–H and O–H groups in total. The number of nitrogen functional groups attached to an aromatic ring is 1. The molecule has 1 heterocycles. The second kappa shape index (κ2) is 5.56. The minimum Gasteiger partial charge on any atom is -0.477 e. The second-order valence-electron chi connectivity index (χ2n) is 4.06. The van der Waals surface area contributed by atoms with E-state index in [2.05, 4.69) is 4.98 Å².